The molecule has 37 heavy (non-hydrogen) atoms. The molecule has 3 atom stereocenters. The number of fused-ring (bicyclic) bond motifs is 4. The maximum atomic E-state index is 12.2. The van der Waals surface area contributed by atoms with Gasteiger partial charge in [-0.05, 0) is 24.1 Å². The van der Waals surface area contributed by atoms with Gasteiger partial charge in [0.25, 0.3) is 12.9 Å². The fourth-order valence-electron chi connectivity index (χ4n) is 4.94. The Kier molecular flexibility index (Phi) is 7.60. The first-order valence-corrected chi connectivity index (χ1v) is 11.8. The van der Waals surface area contributed by atoms with Gasteiger partial charge in [0.1, 0.15) is 12.7 Å². The van der Waals surface area contributed by atoms with Crippen molar-refractivity contribution in [2.75, 3.05) is 6.61 Å². The van der Waals surface area contributed by atoms with Crippen LogP contribution in [-0.4, -0.2) is 57.8 Å². The van der Waals surface area contributed by atoms with E-state index in [9.17, 15) is 29.4 Å². The summed E-state index contributed by atoms with van der Waals surface area (Å²) in [7, 11) is 0. The quantitative estimate of drug-likeness (QED) is 0.320. The van der Waals surface area contributed by atoms with Crippen LogP contribution in [0.2, 0.25) is 10.0 Å². The maximum Gasteiger partial charge on any atom is 0.307 e. The van der Waals surface area contributed by atoms with Crippen molar-refractivity contribution in [3.8, 4) is 11.3 Å². The zero-order valence-electron chi connectivity index (χ0n) is 19.1. The summed E-state index contributed by atoms with van der Waals surface area (Å²) in [5, 5.41) is 19.8. The third-order valence-electron chi connectivity index (χ3n) is 6.40. The Morgan fingerprint density at radius 2 is 1.68 bits per heavy atom. The molecule has 1 aliphatic rings. The van der Waals surface area contributed by atoms with Crippen molar-refractivity contribution in [1.82, 2.24) is 9.97 Å². The first kappa shape index (κ1) is 26.3. The van der Waals surface area contributed by atoms with Gasteiger partial charge in [-0.15, -0.1) is 0 Å². The number of hydrogen-bond donors (Lipinski definition) is 2. The van der Waals surface area contributed by atoms with Crippen molar-refractivity contribution in [3.63, 3.8) is 0 Å². The predicted octanol–water partition coefficient (Wildman–Crippen LogP) is 3.87. The van der Waals surface area contributed by atoms with Crippen molar-refractivity contribution < 1.29 is 38.9 Å². The van der Waals surface area contributed by atoms with Crippen molar-refractivity contribution in [1.29, 1.82) is 0 Å². The summed E-state index contributed by atoms with van der Waals surface area (Å²) >= 11 is 12.4. The van der Waals surface area contributed by atoms with Crippen LogP contribution in [0.4, 0.5) is 0 Å². The van der Waals surface area contributed by atoms with E-state index in [0.29, 0.717) is 33.5 Å². The Bertz CT molecular complexity index is 1400. The van der Waals surface area contributed by atoms with E-state index in [1.54, 1.807) is 30.3 Å². The highest BCUT2D eigenvalue weighted by atomic mass is 35.5. The van der Waals surface area contributed by atoms with E-state index >= 15 is 0 Å². The molecule has 1 aromatic heterocycles. The molecule has 2 N–H and O–H groups in total. The molecule has 0 bridgehead atoms. The van der Waals surface area contributed by atoms with Gasteiger partial charge >= 0.3 is 11.9 Å². The Morgan fingerprint density at radius 1 is 1.00 bits per heavy atom. The van der Waals surface area contributed by atoms with Gasteiger partial charge in [0.15, 0.2) is 0 Å². The molecule has 0 amide bonds. The molecule has 10 nitrogen and oxygen atoms in total. The van der Waals surface area contributed by atoms with E-state index in [4.69, 9.17) is 42.6 Å². The van der Waals surface area contributed by atoms with Crippen LogP contribution in [0.25, 0.3) is 22.3 Å². The van der Waals surface area contributed by atoms with E-state index in [1.807, 2.05) is 0 Å². The van der Waals surface area contributed by atoms with Crippen LogP contribution in [0.15, 0.2) is 36.4 Å². The molecule has 0 radical (unpaired) electrons. The van der Waals surface area contributed by atoms with E-state index in [1.165, 1.54) is 6.07 Å². The van der Waals surface area contributed by atoms with E-state index in [2.05, 4.69) is 0 Å². The smallest absolute Gasteiger partial charge is 0.307 e. The molecule has 2 aromatic carbocycles. The molecule has 3 unspecified atom stereocenters. The first-order chi connectivity index (χ1) is 17.7. The van der Waals surface area contributed by atoms with Crippen molar-refractivity contribution >= 4 is 59.1 Å². The van der Waals surface area contributed by atoms with E-state index in [-0.39, 0.29) is 42.4 Å². The van der Waals surface area contributed by atoms with Gasteiger partial charge in [-0.1, -0.05) is 47.5 Å². The number of hydrogen-bond acceptors (Lipinski definition) is 8. The van der Waals surface area contributed by atoms with Gasteiger partial charge in [-0.2, -0.15) is 0 Å². The molecule has 0 saturated carbocycles. The number of rotatable bonds is 12. The first-order valence-electron chi connectivity index (χ1n) is 11.1. The lowest BCUT2D eigenvalue weighted by Crippen LogP contribution is -2.38. The topological polar surface area (TPSA) is 153 Å². The van der Waals surface area contributed by atoms with Crippen LogP contribution >= 0.6 is 23.2 Å². The van der Waals surface area contributed by atoms with Gasteiger partial charge in [-0.3, -0.25) is 19.2 Å². The van der Waals surface area contributed by atoms with Gasteiger partial charge in [0.05, 0.1) is 44.8 Å². The molecule has 1 aliphatic carbocycles. The zero-order valence-corrected chi connectivity index (χ0v) is 20.6. The molecule has 4 rings (SSSR count). The van der Waals surface area contributed by atoms with Gasteiger partial charge in [0.2, 0.25) is 0 Å². The molecule has 12 heteroatoms. The Hall–Kier alpha value is -3.76. The van der Waals surface area contributed by atoms with Crippen LogP contribution in [-0.2, 0) is 34.1 Å². The maximum absolute atomic E-state index is 12.2. The number of benzene rings is 2. The van der Waals surface area contributed by atoms with Crippen LogP contribution in [0.1, 0.15) is 30.5 Å². The van der Waals surface area contributed by atoms with Crippen LogP contribution in [0.3, 0.4) is 0 Å². The lowest BCUT2D eigenvalue weighted by molar-refractivity contribution is -0.149. The van der Waals surface area contributed by atoms with Crippen LogP contribution in [0, 0.1) is 5.92 Å². The largest absolute Gasteiger partial charge is 0.481 e. The van der Waals surface area contributed by atoms with Gasteiger partial charge < -0.3 is 19.7 Å². The second-order valence-electron chi connectivity index (χ2n) is 8.63. The standard InChI is InChI=1S/C25H20Cl2N2O8/c26-17-6-19-20(7-18(17)27)29-23-22(28-19)15-3-1-2-4-16(15)25(23,8-13(24(34)35)5-21(32)33)9-14(37-12-31)10-36-11-30/h1-4,6-7,11-14H,5,8-10H2,(H,32,33)(H,34,35). The van der Waals surface area contributed by atoms with Gasteiger partial charge in [0, 0.05) is 17.4 Å². The summed E-state index contributed by atoms with van der Waals surface area (Å²) in [5.74, 6) is -3.93. The van der Waals surface area contributed by atoms with E-state index < -0.39 is 35.8 Å². The molecular formula is C25H20Cl2N2O8. The molecule has 1 heterocycles. The number of carboxylic acids is 2. The Morgan fingerprint density at radius 3 is 2.30 bits per heavy atom. The lowest BCUT2D eigenvalue weighted by atomic mass is 9.69. The monoisotopic (exact) mass is 546 g/mol. The van der Waals surface area contributed by atoms with Crippen molar-refractivity contribution in [2.24, 2.45) is 5.92 Å². The van der Waals surface area contributed by atoms with Crippen LogP contribution in [0.5, 0.6) is 0 Å². The minimum Gasteiger partial charge on any atom is -0.481 e. The molecule has 3 aromatic rings. The molecule has 0 spiro atoms. The highest BCUT2D eigenvalue weighted by Crippen LogP contribution is 2.54. The number of aliphatic carboxylic acids is 2. The SMILES string of the molecule is O=COCC(CC1(CC(CC(=O)O)C(=O)O)c2ccccc2-c2nc3cc(Cl)c(Cl)cc3nc21)OC=O. The number of carboxylic acid groups (broad SMARTS) is 2. The number of nitrogens with zero attached hydrogens (tertiary/aromatic N) is 2. The highest BCUT2D eigenvalue weighted by Gasteiger charge is 2.50. The summed E-state index contributed by atoms with van der Waals surface area (Å²) in [6, 6.07) is 10.2. The number of carbonyl (C=O) groups is 4. The summed E-state index contributed by atoms with van der Waals surface area (Å²) < 4.78 is 10.0. The minimum atomic E-state index is -1.33. The second kappa shape index (κ2) is 10.7. The Balaban J connectivity index is 1.99. The number of aromatic nitrogens is 2. The highest BCUT2D eigenvalue weighted by molar-refractivity contribution is 6.42. The lowest BCUT2D eigenvalue weighted by Gasteiger charge is -2.35. The molecule has 0 fully saturated rings. The Labute approximate surface area is 220 Å². The number of ether oxygens (including phenoxy) is 2. The molecule has 0 saturated heterocycles. The number of halogens is 2. The average molecular weight is 547 g/mol. The second-order valence-corrected chi connectivity index (χ2v) is 9.44. The average Bonchev–Trinajstić information content (AvgIpc) is 3.10. The normalized spacial score (nSPS) is 17.4. The minimum absolute atomic E-state index is 0.0610. The molecule has 192 valence electrons. The van der Waals surface area contributed by atoms with Gasteiger partial charge in [-0.25, -0.2) is 9.97 Å². The third-order valence-corrected chi connectivity index (χ3v) is 7.12. The van der Waals surface area contributed by atoms with Crippen molar-refractivity contribution in [2.45, 2.75) is 30.8 Å². The fraction of sp³-hybridized carbons (Fsp3) is 0.280. The molecular weight excluding hydrogens is 527 g/mol. The van der Waals surface area contributed by atoms with Crippen molar-refractivity contribution in [3.05, 3.63) is 57.7 Å². The zero-order chi connectivity index (χ0) is 26.7. The summed E-state index contributed by atoms with van der Waals surface area (Å²) in [4.78, 5) is 55.4. The predicted molar refractivity (Wildman–Crippen MR) is 131 cm³/mol. The van der Waals surface area contributed by atoms with E-state index in [0.717, 1.165) is 0 Å². The summed E-state index contributed by atoms with van der Waals surface area (Å²) in [6.45, 7) is 0.0998. The fourth-order valence-corrected chi connectivity index (χ4v) is 5.26. The number of carbonyl (C=O) groups excluding carboxylic acids is 2. The molecule has 0 aliphatic heterocycles. The summed E-state index contributed by atoms with van der Waals surface area (Å²) in [6.07, 6.45) is -1.91. The summed E-state index contributed by atoms with van der Waals surface area (Å²) in [5.41, 5.74) is 1.65. The third kappa shape index (κ3) is 5.07. The van der Waals surface area contributed by atoms with Crippen LogP contribution < -0.4 is 0 Å².